The number of esters is 1. The Labute approximate surface area is 165 Å². The van der Waals surface area contributed by atoms with Crippen LogP contribution >= 0.6 is 0 Å². The lowest BCUT2D eigenvalue weighted by Gasteiger charge is -2.30. The van der Waals surface area contributed by atoms with Crippen LogP contribution in [0.2, 0.25) is 0 Å². The van der Waals surface area contributed by atoms with Gasteiger partial charge in [-0.3, -0.25) is 4.57 Å². The molecule has 0 unspecified atom stereocenters. The molecule has 29 heavy (non-hydrogen) atoms. The molecule has 1 atom stereocenters. The van der Waals surface area contributed by atoms with Crippen molar-refractivity contribution in [1.82, 2.24) is 9.55 Å². The first-order chi connectivity index (χ1) is 14.0. The van der Waals surface area contributed by atoms with E-state index < -0.39 is 23.6 Å². The van der Waals surface area contributed by atoms with E-state index in [4.69, 9.17) is 9.47 Å². The lowest BCUT2D eigenvalue weighted by Crippen LogP contribution is -2.29. The van der Waals surface area contributed by atoms with Crippen LogP contribution in [0.5, 0.6) is 0 Å². The molecule has 4 rings (SSSR count). The fourth-order valence-corrected chi connectivity index (χ4v) is 3.57. The van der Waals surface area contributed by atoms with Gasteiger partial charge in [0.25, 0.3) is 0 Å². The number of halogens is 2. The molecular weight excluding hydrogens is 380 g/mol. The number of carbonyl (C=O) groups excluding carboxylic acids is 1. The molecule has 8 heteroatoms. The van der Waals surface area contributed by atoms with Crippen LogP contribution in [0.4, 0.5) is 14.7 Å². The topological polar surface area (TPSA) is 65.4 Å². The summed E-state index contributed by atoms with van der Waals surface area (Å²) >= 11 is 0. The van der Waals surface area contributed by atoms with Crippen LogP contribution in [0, 0.1) is 11.6 Å². The number of hydrogen-bond acceptors (Lipinski definition) is 5. The second-order valence-electron chi connectivity index (χ2n) is 6.69. The van der Waals surface area contributed by atoms with Gasteiger partial charge in [-0.05, 0) is 36.8 Å². The average Bonchev–Trinajstić information content (AvgIpc) is 3.04. The lowest BCUT2D eigenvalue weighted by molar-refractivity contribution is -0.140. The van der Waals surface area contributed by atoms with E-state index in [2.05, 4.69) is 10.3 Å². The number of imidazole rings is 1. The summed E-state index contributed by atoms with van der Waals surface area (Å²) < 4.78 is 40.1. The Morgan fingerprint density at radius 2 is 1.90 bits per heavy atom. The van der Waals surface area contributed by atoms with Crippen molar-refractivity contribution in [1.29, 1.82) is 0 Å². The minimum Gasteiger partial charge on any atom is -0.460 e. The summed E-state index contributed by atoms with van der Waals surface area (Å²) in [6.07, 6.45) is 0. The number of benzene rings is 2. The van der Waals surface area contributed by atoms with Gasteiger partial charge in [-0.25, -0.2) is 18.6 Å². The minimum absolute atomic E-state index is 0.0634. The van der Waals surface area contributed by atoms with Crippen LogP contribution in [0.25, 0.3) is 11.0 Å². The Morgan fingerprint density at radius 3 is 2.62 bits per heavy atom. The summed E-state index contributed by atoms with van der Waals surface area (Å²) in [5, 5.41) is 3.11. The third kappa shape index (κ3) is 3.47. The van der Waals surface area contributed by atoms with Crippen LogP contribution in [-0.2, 0) is 14.3 Å². The Hall–Kier alpha value is -3.26. The van der Waals surface area contributed by atoms with Gasteiger partial charge in [-0.1, -0.05) is 12.1 Å². The number of carbonyl (C=O) groups is 1. The number of nitrogens with one attached hydrogen (secondary N) is 1. The Kier molecular flexibility index (Phi) is 5.02. The largest absolute Gasteiger partial charge is 0.460 e. The molecule has 1 aliphatic heterocycles. The van der Waals surface area contributed by atoms with E-state index in [-0.39, 0.29) is 24.4 Å². The van der Waals surface area contributed by atoms with Gasteiger partial charge in [-0.2, -0.15) is 0 Å². The summed E-state index contributed by atoms with van der Waals surface area (Å²) in [4.78, 5) is 17.5. The number of rotatable bonds is 5. The van der Waals surface area contributed by atoms with Crippen molar-refractivity contribution in [3.8, 4) is 0 Å². The van der Waals surface area contributed by atoms with Gasteiger partial charge < -0.3 is 14.8 Å². The minimum atomic E-state index is -0.807. The number of ether oxygens (including phenoxy) is 2. The molecule has 6 nitrogen and oxygen atoms in total. The fourth-order valence-electron chi connectivity index (χ4n) is 3.57. The quantitative estimate of drug-likeness (QED) is 0.522. The first kappa shape index (κ1) is 19.1. The number of methoxy groups -OCH3 is 1. The van der Waals surface area contributed by atoms with Crippen LogP contribution in [0.3, 0.4) is 0 Å². The van der Waals surface area contributed by atoms with Gasteiger partial charge in [0.15, 0.2) is 0 Å². The molecule has 3 aromatic rings. The van der Waals surface area contributed by atoms with Gasteiger partial charge in [0.05, 0.1) is 29.3 Å². The summed E-state index contributed by atoms with van der Waals surface area (Å²) in [6.45, 7) is 2.01. The zero-order valence-corrected chi connectivity index (χ0v) is 15.9. The van der Waals surface area contributed by atoms with E-state index >= 15 is 0 Å². The molecule has 0 saturated heterocycles. The number of nitrogens with zero attached hydrogens (tertiary/aromatic N) is 2. The van der Waals surface area contributed by atoms with Crippen molar-refractivity contribution in [3.05, 3.63) is 70.9 Å². The van der Waals surface area contributed by atoms with Crippen LogP contribution in [0.15, 0.2) is 53.7 Å². The highest BCUT2D eigenvalue weighted by Crippen LogP contribution is 2.39. The van der Waals surface area contributed by atoms with Crippen molar-refractivity contribution in [2.45, 2.75) is 13.0 Å². The van der Waals surface area contributed by atoms with Crippen molar-refractivity contribution in [3.63, 3.8) is 0 Å². The Balaban J connectivity index is 1.90. The molecule has 0 fully saturated rings. The van der Waals surface area contributed by atoms with Crippen LogP contribution < -0.4 is 5.32 Å². The van der Waals surface area contributed by atoms with Crippen molar-refractivity contribution in [2.75, 3.05) is 25.6 Å². The summed E-state index contributed by atoms with van der Waals surface area (Å²) in [6, 6.07) is 9.77. The van der Waals surface area contributed by atoms with Crippen molar-refractivity contribution in [2.24, 2.45) is 0 Å². The first-order valence-electron chi connectivity index (χ1n) is 9.06. The average molecular weight is 399 g/mol. The number of allylic oxidation sites excluding steroid dienone is 1. The van der Waals surface area contributed by atoms with Gasteiger partial charge in [0, 0.05) is 18.9 Å². The molecule has 0 radical (unpaired) electrons. The van der Waals surface area contributed by atoms with E-state index in [1.54, 1.807) is 11.5 Å². The molecule has 150 valence electrons. The summed E-state index contributed by atoms with van der Waals surface area (Å²) in [5.41, 5.74) is 2.45. The number of fused-ring (bicyclic) bond motifs is 3. The van der Waals surface area contributed by atoms with E-state index in [1.807, 2.05) is 24.3 Å². The predicted molar refractivity (Wildman–Crippen MR) is 103 cm³/mol. The monoisotopic (exact) mass is 399 g/mol. The van der Waals surface area contributed by atoms with E-state index in [0.717, 1.165) is 11.6 Å². The first-order valence-corrected chi connectivity index (χ1v) is 9.06. The fraction of sp³-hybridized carbons (Fsp3) is 0.238. The third-order valence-corrected chi connectivity index (χ3v) is 4.77. The molecule has 2 aromatic carbocycles. The highest BCUT2D eigenvalue weighted by molar-refractivity contribution is 5.94. The van der Waals surface area contributed by atoms with Gasteiger partial charge in [0.2, 0.25) is 5.95 Å². The van der Waals surface area contributed by atoms with Crippen molar-refractivity contribution >= 4 is 23.0 Å². The smallest absolute Gasteiger partial charge is 0.338 e. The molecule has 0 spiro atoms. The highest BCUT2D eigenvalue weighted by atomic mass is 19.1. The Morgan fingerprint density at radius 1 is 1.17 bits per heavy atom. The van der Waals surface area contributed by atoms with Crippen LogP contribution in [-0.4, -0.2) is 35.8 Å². The number of anilines is 1. The molecule has 1 aliphatic rings. The summed E-state index contributed by atoms with van der Waals surface area (Å²) in [5.74, 6) is -1.57. The van der Waals surface area contributed by atoms with Gasteiger partial charge >= 0.3 is 5.97 Å². The lowest BCUT2D eigenvalue weighted by atomic mass is 9.95. The molecule has 1 aromatic heterocycles. The highest BCUT2D eigenvalue weighted by Gasteiger charge is 2.35. The van der Waals surface area contributed by atoms with E-state index in [1.165, 1.54) is 19.2 Å². The molecule has 1 N–H and O–H groups in total. The number of aromatic nitrogens is 2. The molecule has 0 amide bonds. The summed E-state index contributed by atoms with van der Waals surface area (Å²) in [7, 11) is 1.50. The normalized spacial score (nSPS) is 15.9. The van der Waals surface area contributed by atoms with Crippen molar-refractivity contribution < 1.29 is 23.0 Å². The molecule has 0 saturated carbocycles. The van der Waals surface area contributed by atoms with E-state index in [9.17, 15) is 13.6 Å². The maximum absolute atomic E-state index is 14.0. The second-order valence-corrected chi connectivity index (χ2v) is 6.69. The standard InChI is InChI=1S/C21H19F2N3O3/c1-12-18(20(27)29-8-7-28-2)19(13-9-14(22)11-15(23)10-13)26-17-6-4-3-5-16(17)25-21(26)24-12/h3-6,9-11,19H,7-8H2,1-2H3,(H,24,25)/t19-/m0/s1. The number of para-hydroxylation sites is 2. The number of hydrogen-bond donors (Lipinski definition) is 1. The third-order valence-electron chi connectivity index (χ3n) is 4.77. The predicted octanol–water partition coefficient (Wildman–Crippen LogP) is 3.79. The molecule has 0 bridgehead atoms. The molecular formula is C21H19F2N3O3. The molecule has 0 aliphatic carbocycles. The van der Waals surface area contributed by atoms with Gasteiger partial charge in [0.1, 0.15) is 18.2 Å². The zero-order chi connectivity index (χ0) is 20.5. The zero-order valence-electron chi connectivity index (χ0n) is 15.9. The molecule has 2 heterocycles. The SMILES string of the molecule is COCCOC(=O)C1=C(C)Nc2nc3ccccc3n2[C@H]1c1cc(F)cc(F)c1. The maximum Gasteiger partial charge on any atom is 0.338 e. The van der Waals surface area contributed by atoms with Gasteiger partial charge in [-0.15, -0.1) is 0 Å². The second kappa shape index (κ2) is 7.63. The Bertz CT molecular complexity index is 1100. The van der Waals surface area contributed by atoms with Crippen LogP contribution in [0.1, 0.15) is 18.5 Å². The van der Waals surface area contributed by atoms with E-state index in [0.29, 0.717) is 17.2 Å². The maximum atomic E-state index is 14.0.